The van der Waals surface area contributed by atoms with Crippen LogP contribution in [0.25, 0.3) is 11.4 Å². The molecule has 0 spiro atoms. The lowest BCUT2D eigenvalue weighted by Gasteiger charge is -2.31. The minimum absolute atomic E-state index is 0.135. The maximum atomic E-state index is 12.3. The molecule has 0 saturated carbocycles. The number of likely N-dealkylation sites (tertiary alicyclic amines) is 1. The second-order valence-corrected chi connectivity index (χ2v) is 5.75. The van der Waals surface area contributed by atoms with Gasteiger partial charge < -0.3 is 18.9 Å². The van der Waals surface area contributed by atoms with E-state index in [-0.39, 0.29) is 18.7 Å². The second-order valence-electron chi connectivity index (χ2n) is 5.75. The zero-order valence-electron chi connectivity index (χ0n) is 12.7. The van der Waals surface area contributed by atoms with Crippen molar-refractivity contribution in [1.82, 2.24) is 15.0 Å². The van der Waals surface area contributed by atoms with E-state index in [4.69, 9.17) is 8.94 Å². The number of aryl methyl sites for hydroxylation is 1. The third kappa shape index (κ3) is 2.84. The molecule has 2 aromatic heterocycles. The van der Waals surface area contributed by atoms with Gasteiger partial charge in [-0.15, -0.1) is 0 Å². The van der Waals surface area contributed by atoms with Crippen LogP contribution in [0.2, 0.25) is 0 Å². The number of furan rings is 1. The molecule has 23 heavy (non-hydrogen) atoms. The molecule has 0 aliphatic carbocycles. The van der Waals surface area contributed by atoms with Gasteiger partial charge in [0.05, 0.1) is 11.8 Å². The number of carbonyl (C=O) groups excluding carboxylic acids is 1. The molecule has 122 valence electrons. The number of nitrogens with zero attached hydrogens (tertiary/aromatic N) is 3. The van der Waals surface area contributed by atoms with Crippen molar-refractivity contribution in [2.75, 3.05) is 6.54 Å². The SMILES string of the molecule is CC1(C(=O)O)CCCN1C(=O)CCc1nc(-c2ccoc2)no1. The molecule has 0 aromatic carbocycles. The number of carboxylic acids is 1. The summed E-state index contributed by atoms with van der Waals surface area (Å²) in [6.07, 6.45) is 4.59. The first-order chi connectivity index (χ1) is 11.0. The molecule has 3 heterocycles. The Labute approximate surface area is 132 Å². The van der Waals surface area contributed by atoms with E-state index >= 15 is 0 Å². The Kier molecular flexibility index (Phi) is 3.89. The Hall–Kier alpha value is -2.64. The van der Waals surface area contributed by atoms with Crippen molar-refractivity contribution in [2.24, 2.45) is 0 Å². The maximum Gasteiger partial charge on any atom is 0.329 e. The number of hydrogen-bond acceptors (Lipinski definition) is 6. The second kappa shape index (κ2) is 5.86. The fraction of sp³-hybridized carbons (Fsp3) is 0.467. The van der Waals surface area contributed by atoms with Crippen LogP contribution in [0.4, 0.5) is 0 Å². The number of rotatable bonds is 5. The fourth-order valence-electron chi connectivity index (χ4n) is 2.80. The van der Waals surface area contributed by atoms with E-state index in [1.807, 2.05) is 0 Å². The highest BCUT2D eigenvalue weighted by Gasteiger charge is 2.45. The van der Waals surface area contributed by atoms with Crippen LogP contribution in [0.1, 0.15) is 32.1 Å². The predicted octanol–water partition coefficient (Wildman–Crippen LogP) is 1.73. The van der Waals surface area contributed by atoms with E-state index in [9.17, 15) is 14.7 Å². The largest absolute Gasteiger partial charge is 0.480 e. The number of hydrogen-bond donors (Lipinski definition) is 1. The van der Waals surface area contributed by atoms with Crippen LogP contribution in [0, 0.1) is 0 Å². The smallest absolute Gasteiger partial charge is 0.329 e. The molecule has 1 aliphatic rings. The van der Waals surface area contributed by atoms with Crippen LogP contribution in [0.15, 0.2) is 27.5 Å². The molecular weight excluding hydrogens is 302 g/mol. The summed E-state index contributed by atoms with van der Waals surface area (Å²) in [4.78, 5) is 29.4. The van der Waals surface area contributed by atoms with E-state index in [0.29, 0.717) is 36.7 Å². The molecule has 2 aromatic rings. The number of amides is 1. The molecule has 3 rings (SSSR count). The van der Waals surface area contributed by atoms with Gasteiger partial charge in [0.1, 0.15) is 11.8 Å². The van der Waals surface area contributed by atoms with Crippen molar-refractivity contribution in [3.8, 4) is 11.4 Å². The molecule has 1 unspecified atom stereocenters. The molecule has 0 radical (unpaired) electrons. The van der Waals surface area contributed by atoms with Crippen LogP contribution < -0.4 is 0 Å². The quantitative estimate of drug-likeness (QED) is 0.893. The summed E-state index contributed by atoms with van der Waals surface area (Å²) in [7, 11) is 0. The summed E-state index contributed by atoms with van der Waals surface area (Å²) in [5, 5.41) is 13.2. The Balaban J connectivity index is 1.62. The van der Waals surface area contributed by atoms with Crippen molar-refractivity contribution >= 4 is 11.9 Å². The summed E-state index contributed by atoms with van der Waals surface area (Å²) in [6.45, 7) is 2.05. The number of aliphatic carboxylic acids is 1. The summed E-state index contributed by atoms with van der Waals surface area (Å²) >= 11 is 0. The first-order valence-electron chi connectivity index (χ1n) is 7.40. The molecule has 8 heteroatoms. The van der Waals surface area contributed by atoms with Gasteiger partial charge in [-0.1, -0.05) is 5.16 Å². The lowest BCUT2D eigenvalue weighted by Crippen LogP contribution is -2.50. The lowest BCUT2D eigenvalue weighted by molar-refractivity contribution is -0.155. The van der Waals surface area contributed by atoms with E-state index in [1.54, 1.807) is 13.0 Å². The predicted molar refractivity (Wildman–Crippen MR) is 77.3 cm³/mol. The molecular formula is C15H17N3O5. The summed E-state index contributed by atoms with van der Waals surface area (Å²) in [5.74, 6) is -0.442. The Bertz CT molecular complexity index is 709. The average molecular weight is 319 g/mol. The molecule has 1 N–H and O–H groups in total. The zero-order valence-corrected chi connectivity index (χ0v) is 12.7. The molecule has 1 saturated heterocycles. The van der Waals surface area contributed by atoms with Gasteiger partial charge in [-0.2, -0.15) is 4.98 Å². The highest BCUT2D eigenvalue weighted by molar-refractivity contribution is 5.87. The molecule has 0 bridgehead atoms. The number of aromatic nitrogens is 2. The van der Waals surface area contributed by atoms with E-state index in [0.717, 1.165) is 0 Å². The van der Waals surface area contributed by atoms with Gasteiger partial charge in [0.15, 0.2) is 0 Å². The van der Waals surface area contributed by atoms with Gasteiger partial charge in [0, 0.05) is 19.4 Å². The van der Waals surface area contributed by atoms with Crippen molar-refractivity contribution in [2.45, 2.75) is 38.1 Å². The van der Waals surface area contributed by atoms with Gasteiger partial charge in [-0.25, -0.2) is 4.79 Å². The van der Waals surface area contributed by atoms with Gasteiger partial charge in [0.2, 0.25) is 17.6 Å². The highest BCUT2D eigenvalue weighted by Crippen LogP contribution is 2.30. The van der Waals surface area contributed by atoms with Crippen LogP contribution in [0.5, 0.6) is 0 Å². The van der Waals surface area contributed by atoms with Gasteiger partial charge >= 0.3 is 5.97 Å². The highest BCUT2D eigenvalue weighted by atomic mass is 16.5. The van der Waals surface area contributed by atoms with E-state index in [2.05, 4.69) is 10.1 Å². The molecule has 8 nitrogen and oxygen atoms in total. The maximum absolute atomic E-state index is 12.3. The number of carbonyl (C=O) groups is 2. The monoisotopic (exact) mass is 319 g/mol. The first-order valence-corrected chi connectivity index (χ1v) is 7.40. The molecule has 1 fully saturated rings. The van der Waals surface area contributed by atoms with Crippen molar-refractivity contribution in [3.05, 3.63) is 24.5 Å². The van der Waals surface area contributed by atoms with Gasteiger partial charge in [0.25, 0.3) is 0 Å². The third-order valence-electron chi connectivity index (χ3n) is 4.20. The molecule has 1 amide bonds. The van der Waals surface area contributed by atoms with Crippen molar-refractivity contribution in [1.29, 1.82) is 0 Å². The Morgan fingerprint density at radius 3 is 3.00 bits per heavy atom. The third-order valence-corrected chi connectivity index (χ3v) is 4.20. The number of carboxylic acid groups (broad SMARTS) is 1. The molecule has 1 atom stereocenters. The van der Waals surface area contributed by atoms with Crippen molar-refractivity contribution in [3.63, 3.8) is 0 Å². The zero-order chi connectivity index (χ0) is 16.4. The first kappa shape index (κ1) is 15.3. The van der Waals surface area contributed by atoms with Crippen LogP contribution >= 0.6 is 0 Å². The van der Waals surface area contributed by atoms with E-state index in [1.165, 1.54) is 17.4 Å². The Morgan fingerprint density at radius 2 is 2.30 bits per heavy atom. The van der Waals surface area contributed by atoms with Gasteiger partial charge in [-0.05, 0) is 25.8 Å². The fourth-order valence-corrected chi connectivity index (χ4v) is 2.80. The summed E-state index contributed by atoms with van der Waals surface area (Å²) < 4.78 is 10.1. The summed E-state index contributed by atoms with van der Waals surface area (Å²) in [5.41, 5.74) is -0.419. The molecule has 1 aliphatic heterocycles. The van der Waals surface area contributed by atoms with Crippen LogP contribution in [-0.4, -0.2) is 44.1 Å². The van der Waals surface area contributed by atoms with Gasteiger partial charge in [-0.3, -0.25) is 4.79 Å². The average Bonchev–Trinajstić information content (AvgIpc) is 3.25. The minimum atomic E-state index is -1.12. The van der Waals surface area contributed by atoms with Crippen LogP contribution in [-0.2, 0) is 16.0 Å². The minimum Gasteiger partial charge on any atom is -0.480 e. The Morgan fingerprint density at radius 1 is 1.48 bits per heavy atom. The van der Waals surface area contributed by atoms with E-state index < -0.39 is 11.5 Å². The van der Waals surface area contributed by atoms with Crippen molar-refractivity contribution < 1.29 is 23.6 Å². The normalized spacial score (nSPS) is 20.8. The summed E-state index contributed by atoms with van der Waals surface area (Å²) in [6, 6.07) is 1.71. The van der Waals surface area contributed by atoms with Crippen LogP contribution in [0.3, 0.4) is 0 Å². The lowest BCUT2D eigenvalue weighted by atomic mass is 9.99. The topological polar surface area (TPSA) is 110 Å². The standard InChI is InChI=1S/C15H17N3O5/c1-15(14(20)21)6-2-7-18(15)12(19)4-3-11-16-13(17-23-11)10-5-8-22-9-10/h5,8-9H,2-4,6-7H2,1H3,(H,20,21).